The number of carbonyl (C=O) groups excluding carboxylic acids is 1. The van der Waals surface area contributed by atoms with Crippen molar-refractivity contribution in [1.29, 1.82) is 0 Å². The highest BCUT2D eigenvalue weighted by atomic mass is 16.3. The predicted molar refractivity (Wildman–Crippen MR) is 32.3 cm³/mol. The number of aliphatic hydroxyl groups is 1. The summed E-state index contributed by atoms with van der Waals surface area (Å²) in [6.45, 7) is -0.295. The van der Waals surface area contributed by atoms with Crippen molar-refractivity contribution in [2.75, 3.05) is 13.7 Å². The summed E-state index contributed by atoms with van der Waals surface area (Å²) in [5.74, 6) is 4.57. The van der Waals surface area contributed by atoms with Gasteiger partial charge in [-0.05, 0) is 0 Å². The minimum Gasteiger partial charge on any atom is -0.394 e. The fraction of sp³-hybridized carbons (Fsp3) is 0.750. The van der Waals surface area contributed by atoms with Gasteiger partial charge in [-0.2, -0.15) is 0 Å². The van der Waals surface area contributed by atoms with Crippen molar-refractivity contribution in [2.24, 2.45) is 5.84 Å². The van der Waals surface area contributed by atoms with E-state index in [0.717, 1.165) is 0 Å². The van der Waals surface area contributed by atoms with Crippen LogP contribution >= 0.6 is 0 Å². The Morgan fingerprint density at radius 3 is 2.56 bits per heavy atom. The average molecular weight is 133 g/mol. The van der Waals surface area contributed by atoms with Crippen LogP contribution in [0.1, 0.15) is 0 Å². The van der Waals surface area contributed by atoms with Crippen LogP contribution in [0.2, 0.25) is 0 Å². The highest BCUT2D eigenvalue weighted by Crippen LogP contribution is 1.76. The van der Waals surface area contributed by atoms with Crippen LogP contribution in [-0.4, -0.2) is 30.7 Å². The summed E-state index contributed by atoms with van der Waals surface area (Å²) in [6.07, 6.45) is 0. The molecule has 0 heterocycles. The van der Waals surface area contributed by atoms with Gasteiger partial charge in [0.05, 0.1) is 6.61 Å². The second-order valence-corrected chi connectivity index (χ2v) is 1.52. The van der Waals surface area contributed by atoms with E-state index in [1.165, 1.54) is 7.05 Å². The SMILES string of the molecule is CNC(=O)C(CO)NN. The van der Waals surface area contributed by atoms with Crippen LogP contribution in [-0.2, 0) is 4.79 Å². The van der Waals surface area contributed by atoms with Crippen molar-refractivity contribution in [3.05, 3.63) is 0 Å². The van der Waals surface area contributed by atoms with Gasteiger partial charge in [0.2, 0.25) is 5.91 Å². The van der Waals surface area contributed by atoms with E-state index < -0.39 is 6.04 Å². The highest BCUT2D eigenvalue weighted by Gasteiger charge is 2.11. The minimum atomic E-state index is -0.699. The van der Waals surface area contributed by atoms with E-state index in [0.29, 0.717) is 0 Å². The topological polar surface area (TPSA) is 87.4 Å². The number of amides is 1. The van der Waals surface area contributed by atoms with Crippen molar-refractivity contribution in [3.63, 3.8) is 0 Å². The van der Waals surface area contributed by atoms with E-state index in [-0.39, 0.29) is 12.5 Å². The molecule has 1 amide bonds. The Balaban J connectivity index is 3.64. The van der Waals surface area contributed by atoms with Crippen LogP contribution in [0.25, 0.3) is 0 Å². The quantitative estimate of drug-likeness (QED) is 0.254. The van der Waals surface area contributed by atoms with Gasteiger partial charge in [-0.1, -0.05) is 0 Å². The highest BCUT2D eigenvalue weighted by molar-refractivity contribution is 5.81. The largest absolute Gasteiger partial charge is 0.394 e. The number of hydrogen-bond acceptors (Lipinski definition) is 4. The maximum Gasteiger partial charge on any atom is 0.240 e. The van der Waals surface area contributed by atoms with Crippen LogP contribution in [0.5, 0.6) is 0 Å². The first-order valence-electron chi connectivity index (χ1n) is 2.54. The molecule has 0 aliphatic rings. The normalized spacial score (nSPS) is 12.8. The molecule has 0 aromatic rings. The summed E-state index contributed by atoms with van der Waals surface area (Å²) >= 11 is 0. The molecule has 0 bridgehead atoms. The molecular formula is C4H11N3O2. The smallest absolute Gasteiger partial charge is 0.240 e. The fourth-order valence-electron chi connectivity index (χ4n) is 0.386. The fourth-order valence-corrected chi connectivity index (χ4v) is 0.386. The maximum absolute atomic E-state index is 10.6. The second-order valence-electron chi connectivity index (χ2n) is 1.52. The lowest BCUT2D eigenvalue weighted by Gasteiger charge is -2.09. The van der Waals surface area contributed by atoms with Gasteiger partial charge in [0, 0.05) is 7.05 Å². The minimum absolute atomic E-state index is 0.295. The van der Waals surface area contributed by atoms with Crippen LogP contribution < -0.4 is 16.6 Å². The third-order valence-electron chi connectivity index (χ3n) is 0.947. The molecule has 1 unspecified atom stereocenters. The van der Waals surface area contributed by atoms with E-state index >= 15 is 0 Å². The van der Waals surface area contributed by atoms with Crippen molar-refractivity contribution in [1.82, 2.24) is 10.7 Å². The summed E-state index contributed by atoms with van der Waals surface area (Å²) in [5.41, 5.74) is 2.14. The van der Waals surface area contributed by atoms with Crippen molar-refractivity contribution >= 4 is 5.91 Å². The predicted octanol–water partition coefficient (Wildman–Crippen LogP) is -2.44. The van der Waals surface area contributed by atoms with Crippen LogP contribution in [0.4, 0.5) is 0 Å². The molecule has 0 rings (SSSR count). The van der Waals surface area contributed by atoms with E-state index in [4.69, 9.17) is 10.9 Å². The number of rotatable bonds is 3. The number of likely N-dealkylation sites (N-methyl/N-ethyl adjacent to an activating group) is 1. The maximum atomic E-state index is 10.6. The standard InChI is InChI=1S/C4H11N3O2/c1-6-4(9)3(2-8)7-5/h3,7-8H,2,5H2,1H3,(H,6,9). The third kappa shape index (κ3) is 2.41. The Hall–Kier alpha value is -0.650. The van der Waals surface area contributed by atoms with E-state index in [1.807, 2.05) is 0 Å². The number of hydrazine groups is 1. The second kappa shape index (κ2) is 4.25. The number of carbonyl (C=O) groups is 1. The molecule has 0 saturated carbocycles. The summed E-state index contributed by atoms with van der Waals surface area (Å²) in [6, 6.07) is -0.699. The van der Waals surface area contributed by atoms with E-state index in [1.54, 1.807) is 0 Å². The zero-order valence-electron chi connectivity index (χ0n) is 5.22. The Morgan fingerprint density at radius 2 is 2.44 bits per heavy atom. The first kappa shape index (κ1) is 8.35. The molecule has 54 valence electrons. The molecule has 5 heteroatoms. The van der Waals surface area contributed by atoms with Crippen molar-refractivity contribution in [2.45, 2.75) is 6.04 Å². The van der Waals surface area contributed by atoms with Crippen LogP contribution in [0.15, 0.2) is 0 Å². The number of hydrogen-bond donors (Lipinski definition) is 4. The van der Waals surface area contributed by atoms with Gasteiger partial charge >= 0.3 is 0 Å². The van der Waals surface area contributed by atoms with Gasteiger partial charge in [0.15, 0.2) is 0 Å². The zero-order chi connectivity index (χ0) is 7.28. The molecule has 0 aromatic heterocycles. The molecule has 5 nitrogen and oxygen atoms in total. The molecule has 0 aliphatic carbocycles. The van der Waals surface area contributed by atoms with Crippen molar-refractivity contribution < 1.29 is 9.90 Å². The Labute approximate surface area is 53.2 Å². The molecule has 9 heavy (non-hydrogen) atoms. The average Bonchev–Trinajstić information content (AvgIpc) is 1.90. The van der Waals surface area contributed by atoms with E-state index in [9.17, 15) is 4.79 Å². The lowest BCUT2D eigenvalue weighted by molar-refractivity contribution is -0.123. The molecule has 0 spiro atoms. The summed E-state index contributed by atoms with van der Waals surface area (Å²) in [7, 11) is 1.47. The number of nitrogens with two attached hydrogens (primary N) is 1. The third-order valence-corrected chi connectivity index (χ3v) is 0.947. The molecule has 0 aliphatic heterocycles. The Morgan fingerprint density at radius 1 is 1.89 bits per heavy atom. The van der Waals surface area contributed by atoms with Gasteiger partial charge in [-0.3, -0.25) is 10.6 Å². The lowest BCUT2D eigenvalue weighted by Crippen LogP contribution is -2.48. The lowest BCUT2D eigenvalue weighted by atomic mass is 10.3. The van der Waals surface area contributed by atoms with Crippen LogP contribution in [0.3, 0.4) is 0 Å². The van der Waals surface area contributed by atoms with Crippen LogP contribution in [0, 0.1) is 0 Å². The molecule has 0 fully saturated rings. The first-order chi connectivity index (χ1) is 4.26. The molecule has 0 saturated heterocycles. The molecule has 0 aromatic carbocycles. The zero-order valence-corrected chi connectivity index (χ0v) is 5.22. The van der Waals surface area contributed by atoms with Crippen molar-refractivity contribution in [3.8, 4) is 0 Å². The Kier molecular flexibility index (Phi) is 3.94. The van der Waals surface area contributed by atoms with Gasteiger partial charge in [0.25, 0.3) is 0 Å². The Bertz CT molecular complexity index is 91.8. The summed E-state index contributed by atoms with van der Waals surface area (Å²) in [5, 5.41) is 10.7. The number of aliphatic hydroxyl groups excluding tert-OH is 1. The molecule has 1 atom stereocenters. The number of nitrogens with one attached hydrogen (secondary N) is 2. The van der Waals surface area contributed by atoms with Gasteiger partial charge in [-0.15, -0.1) is 0 Å². The van der Waals surface area contributed by atoms with Gasteiger partial charge in [0.1, 0.15) is 6.04 Å². The molecular weight excluding hydrogens is 122 g/mol. The summed E-state index contributed by atoms with van der Waals surface area (Å²) < 4.78 is 0. The summed E-state index contributed by atoms with van der Waals surface area (Å²) in [4.78, 5) is 10.6. The molecule has 5 N–H and O–H groups in total. The van der Waals surface area contributed by atoms with Gasteiger partial charge in [-0.25, -0.2) is 5.43 Å². The monoisotopic (exact) mass is 133 g/mol. The van der Waals surface area contributed by atoms with Gasteiger partial charge < -0.3 is 10.4 Å². The first-order valence-corrected chi connectivity index (χ1v) is 2.54. The molecule has 0 radical (unpaired) electrons. The van der Waals surface area contributed by atoms with E-state index in [2.05, 4.69) is 10.7 Å².